The van der Waals surface area contributed by atoms with Crippen LogP contribution in [-0.2, 0) is 9.47 Å². The van der Waals surface area contributed by atoms with Crippen LogP contribution in [0, 0.1) is 0 Å². The number of carbonyl (C=O) groups is 1. The van der Waals surface area contributed by atoms with Crippen molar-refractivity contribution in [2.24, 2.45) is 0 Å². The summed E-state index contributed by atoms with van der Waals surface area (Å²) in [5.41, 5.74) is 1.33. The molecule has 136 valence electrons. The van der Waals surface area contributed by atoms with Gasteiger partial charge in [0, 0.05) is 5.56 Å². The molecule has 0 N–H and O–H groups in total. The van der Waals surface area contributed by atoms with Crippen molar-refractivity contribution in [1.29, 1.82) is 0 Å². The lowest BCUT2D eigenvalue weighted by atomic mass is 9.98. The van der Waals surface area contributed by atoms with Crippen LogP contribution in [0.2, 0.25) is 0 Å². The van der Waals surface area contributed by atoms with Gasteiger partial charge in [0.05, 0.1) is 7.11 Å². The van der Waals surface area contributed by atoms with Gasteiger partial charge in [0.25, 0.3) is 0 Å². The third kappa shape index (κ3) is 4.66. The van der Waals surface area contributed by atoms with Crippen molar-refractivity contribution in [1.82, 2.24) is 0 Å². The highest BCUT2D eigenvalue weighted by Gasteiger charge is 2.21. The van der Waals surface area contributed by atoms with E-state index in [4.69, 9.17) is 14.2 Å². The average Bonchev–Trinajstić information content (AvgIpc) is 2.70. The van der Waals surface area contributed by atoms with E-state index in [1.165, 1.54) is 12.7 Å². The van der Waals surface area contributed by atoms with Crippen molar-refractivity contribution in [3.05, 3.63) is 72.0 Å². The molecule has 0 heterocycles. The third-order valence-electron chi connectivity index (χ3n) is 4.50. The zero-order valence-electron chi connectivity index (χ0n) is 15.0. The number of methoxy groups -OCH3 is 1. The van der Waals surface area contributed by atoms with Gasteiger partial charge in [-0.3, -0.25) is 0 Å². The van der Waals surface area contributed by atoms with Gasteiger partial charge in [0.1, 0.15) is 23.7 Å². The lowest BCUT2D eigenvalue weighted by Gasteiger charge is -2.22. The maximum Gasteiger partial charge on any atom is 0.342 e. The van der Waals surface area contributed by atoms with Gasteiger partial charge in [-0.2, -0.15) is 0 Å². The fraction of sp³-hybridized carbons (Fsp3) is 0.318. The topological polar surface area (TPSA) is 44.8 Å². The molecule has 1 aliphatic rings. The number of esters is 1. The molecule has 0 saturated heterocycles. The second kappa shape index (κ2) is 9.09. The van der Waals surface area contributed by atoms with Crippen LogP contribution in [0.4, 0.5) is 0 Å². The molecule has 1 saturated carbocycles. The molecule has 1 fully saturated rings. The van der Waals surface area contributed by atoms with Gasteiger partial charge in [-0.15, -0.1) is 0 Å². The first-order chi connectivity index (χ1) is 12.8. The largest absolute Gasteiger partial charge is 0.493 e. The molecule has 0 aliphatic heterocycles. The van der Waals surface area contributed by atoms with Crippen molar-refractivity contribution in [3.8, 4) is 5.75 Å². The molecule has 0 bridgehead atoms. The van der Waals surface area contributed by atoms with Gasteiger partial charge >= 0.3 is 5.97 Å². The van der Waals surface area contributed by atoms with Crippen LogP contribution in [0.1, 0.15) is 48.0 Å². The quantitative estimate of drug-likeness (QED) is 0.529. The Kier molecular flexibility index (Phi) is 6.31. The highest BCUT2D eigenvalue weighted by molar-refractivity contribution is 5.92. The summed E-state index contributed by atoms with van der Waals surface area (Å²) >= 11 is 0. The molecule has 0 atom stereocenters. The molecule has 0 unspecified atom stereocenters. The summed E-state index contributed by atoms with van der Waals surface area (Å²) in [7, 11) is 1.59. The Morgan fingerprint density at radius 2 is 1.65 bits per heavy atom. The maximum absolute atomic E-state index is 12.6. The first-order valence-corrected chi connectivity index (χ1v) is 9.04. The van der Waals surface area contributed by atoms with Crippen LogP contribution in [0.5, 0.6) is 5.75 Å². The van der Waals surface area contributed by atoms with Gasteiger partial charge in [0.2, 0.25) is 0 Å². The number of hydrogen-bond donors (Lipinski definition) is 0. The number of hydrogen-bond acceptors (Lipinski definition) is 4. The molecule has 0 amide bonds. The van der Waals surface area contributed by atoms with E-state index in [9.17, 15) is 4.79 Å². The van der Waals surface area contributed by atoms with Gasteiger partial charge in [0.15, 0.2) is 5.76 Å². The first kappa shape index (κ1) is 18.1. The SMILES string of the molecule is COC(=COc1ccccc1C(=O)OC1CCCCC1)c1ccccc1. The third-order valence-corrected chi connectivity index (χ3v) is 4.50. The number of rotatable bonds is 6. The molecule has 0 aromatic heterocycles. The molecule has 2 aromatic rings. The van der Waals surface area contributed by atoms with Crippen LogP contribution in [0.25, 0.3) is 5.76 Å². The summed E-state index contributed by atoms with van der Waals surface area (Å²) in [5, 5.41) is 0. The lowest BCUT2D eigenvalue weighted by molar-refractivity contribution is 0.0208. The second-order valence-electron chi connectivity index (χ2n) is 6.33. The summed E-state index contributed by atoms with van der Waals surface area (Å²) in [4.78, 5) is 12.6. The number of ether oxygens (including phenoxy) is 3. The second-order valence-corrected chi connectivity index (χ2v) is 6.33. The van der Waals surface area contributed by atoms with Crippen molar-refractivity contribution in [2.75, 3.05) is 7.11 Å². The number of carbonyl (C=O) groups excluding carboxylic acids is 1. The average molecular weight is 352 g/mol. The van der Waals surface area contributed by atoms with Gasteiger partial charge in [-0.1, -0.05) is 48.9 Å². The Balaban J connectivity index is 1.74. The number of para-hydroxylation sites is 1. The van der Waals surface area contributed by atoms with E-state index in [-0.39, 0.29) is 12.1 Å². The molecular formula is C22H24O4. The van der Waals surface area contributed by atoms with Crippen molar-refractivity contribution >= 4 is 11.7 Å². The Bertz CT molecular complexity index is 746. The van der Waals surface area contributed by atoms with Crippen molar-refractivity contribution < 1.29 is 19.0 Å². The van der Waals surface area contributed by atoms with E-state index in [0.29, 0.717) is 17.1 Å². The smallest absolute Gasteiger partial charge is 0.342 e. The molecule has 3 rings (SSSR count). The predicted molar refractivity (Wildman–Crippen MR) is 101 cm³/mol. The summed E-state index contributed by atoms with van der Waals surface area (Å²) in [6.45, 7) is 0. The minimum atomic E-state index is -0.334. The molecule has 0 radical (unpaired) electrons. The van der Waals surface area contributed by atoms with Crippen molar-refractivity contribution in [3.63, 3.8) is 0 Å². The molecule has 4 nitrogen and oxygen atoms in total. The molecule has 0 spiro atoms. The van der Waals surface area contributed by atoms with E-state index in [0.717, 1.165) is 31.2 Å². The minimum absolute atomic E-state index is 0.0127. The summed E-state index contributed by atoms with van der Waals surface area (Å²) in [5.74, 6) is 0.708. The standard InChI is InChI=1S/C22H24O4/c1-24-21(17-10-4-2-5-11-17)16-25-20-15-9-8-14-19(20)22(23)26-18-12-6-3-7-13-18/h2,4-5,8-11,14-16,18H,3,6-7,12-13H2,1H3. The Morgan fingerprint density at radius 1 is 0.962 bits per heavy atom. The molecule has 26 heavy (non-hydrogen) atoms. The molecule has 1 aliphatic carbocycles. The highest BCUT2D eigenvalue weighted by Crippen LogP contribution is 2.25. The maximum atomic E-state index is 12.6. The van der Waals surface area contributed by atoms with Gasteiger partial charge in [-0.25, -0.2) is 4.79 Å². The first-order valence-electron chi connectivity index (χ1n) is 9.04. The van der Waals surface area contributed by atoms with Gasteiger partial charge < -0.3 is 14.2 Å². The van der Waals surface area contributed by atoms with E-state index >= 15 is 0 Å². The van der Waals surface area contributed by atoms with Crippen LogP contribution in [0.3, 0.4) is 0 Å². The van der Waals surface area contributed by atoms with Crippen LogP contribution in [0.15, 0.2) is 60.9 Å². The van der Waals surface area contributed by atoms with Gasteiger partial charge in [-0.05, 0) is 37.8 Å². The zero-order chi connectivity index (χ0) is 18.2. The normalized spacial score (nSPS) is 15.3. The summed E-state index contributed by atoms with van der Waals surface area (Å²) in [6, 6.07) is 16.8. The molecule has 4 heteroatoms. The van der Waals surface area contributed by atoms with E-state index in [1.54, 1.807) is 19.2 Å². The number of benzene rings is 2. The fourth-order valence-electron chi connectivity index (χ4n) is 3.09. The Morgan fingerprint density at radius 3 is 2.38 bits per heavy atom. The summed E-state index contributed by atoms with van der Waals surface area (Å²) < 4.78 is 16.8. The highest BCUT2D eigenvalue weighted by atomic mass is 16.5. The lowest BCUT2D eigenvalue weighted by Crippen LogP contribution is -2.21. The van der Waals surface area contributed by atoms with Crippen LogP contribution < -0.4 is 4.74 Å². The fourth-order valence-corrected chi connectivity index (χ4v) is 3.09. The van der Waals surface area contributed by atoms with Crippen LogP contribution in [-0.4, -0.2) is 19.2 Å². The van der Waals surface area contributed by atoms with Crippen LogP contribution >= 0.6 is 0 Å². The monoisotopic (exact) mass is 352 g/mol. The molecular weight excluding hydrogens is 328 g/mol. The Hall–Kier alpha value is -2.75. The molecule has 2 aromatic carbocycles. The predicted octanol–water partition coefficient (Wildman–Crippen LogP) is 5.20. The zero-order valence-corrected chi connectivity index (χ0v) is 15.0. The van der Waals surface area contributed by atoms with E-state index in [1.807, 2.05) is 42.5 Å². The minimum Gasteiger partial charge on any atom is -0.493 e. The van der Waals surface area contributed by atoms with E-state index < -0.39 is 0 Å². The Labute approximate surface area is 154 Å². The summed E-state index contributed by atoms with van der Waals surface area (Å²) in [6.07, 6.45) is 6.87. The van der Waals surface area contributed by atoms with E-state index in [2.05, 4.69) is 0 Å². The van der Waals surface area contributed by atoms with Crippen molar-refractivity contribution in [2.45, 2.75) is 38.2 Å².